The van der Waals surface area contributed by atoms with Gasteiger partial charge in [-0.2, -0.15) is 0 Å². The number of hydrogen-bond donors (Lipinski definition) is 0. The van der Waals surface area contributed by atoms with Crippen LogP contribution in [-0.4, -0.2) is 10.5 Å². The number of unbranched alkanes of at least 4 members (excludes halogenated alkanes) is 2. The van der Waals surface area contributed by atoms with Gasteiger partial charge in [0.15, 0.2) is 0 Å². The third-order valence-corrected chi connectivity index (χ3v) is 1.75. The fraction of sp³-hybridized carbons (Fsp3) is 0.667. The summed E-state index contributed by atoms with van der Waals surface area (Å²) in [7, 11) is 0. The van der Waals surface area contributed by atoms with Crippen LogP contribution >= 0.6 is 0 Å². The zero-order valence-corrected chi connectivity index (χ0v) is 7.30. The van der Waals surface area contributed by atoms with Crippen LogP contribution in [0.15, 0.2) is 16.9 Å². The Kier molecular flexibility index (Phi) is 3.06. The fourth-order valence-electron chi connectivity index (χ4n) is 1.12. The molecule has 60 valence electrons. The van der Waals surface area contributed by atoms with Gasteiger partial charge in [0.2, 0.25) is 0 Å². The molecule has 11 heavy (non-hydrogen) atoms. The quantitative estimate of drug-likeness (QED) is 0.436. The van der Waals surface area contributed by atoms with Crippen LogP contribution in [0, 0.1) is 0 Å². The van der Waals surface area contributed by atoms with Crippen molar-refractivity contribution in [3.05, 3.63) is 11.8 Å². The van der Waals surface area contributed by atoms with E-state index in [0.717, 1.165) is 17.8 Å². The summed E-state index contributed by atoms with van der Waals surface area (Å²) in [6, 6.07) is 0. The van der Waals surface area contributed by atoms with Crippen LogP contribution in [0.4, 0.5) is 0 Å². The van der Waals surface area contributed by atoms with E-state index in [1.807, 2.05) is 6.92 Å². The monoisotopic (exact) mass is 151 g/mol. The first-order chi connectivity index (χ1) is 5.33. The molecule has 1 heterocycles. The average Bonchev–Trinajstić information content (AvgIpc) is 2.37. The molecule has 0 aromatic carbocycles. The zero-order valence-electron chi connectivity index (χ0n) is 7.30. The molecule has 2 nitrogen and oxygen atoms in total. The van der Waals surface area contributed by atoms with Crippen molar-refractivity contribution < 1.29 is 4.79 Å². The summed E-state index contributed by atoms with van der Waals surface area (Å²) in [5.41, 5.74) is 2.19. The molecule has 0 atom stereocenters. The lowest BCUT2D eigenvalue weighted by atomic mass is 10.1. The third kappa shape index (κ3) is 2.69. The molecule has 1 rings (SSSR count). The lowest BCUT2D eigenvalue weighted by molar-refractivity contribution is -0.0766. The van der Waals surface area contributed by atoms with E-state index in [1.165, 1.54) is 19.3 Å². The van der Waals surface area contributed by atoms with Crippen LogP contribution in [0.5, 0.6) is 0 Å². The molecule has 0 radical (unpaired) electrons. The summed E-state index contributed by atoms with van der Waals surface area (Å²) in [5.74, 6) is 0. The Hall–Kier alpha value is -0.880. The number of nitrogens with zero attached hydrogens (tertiary/aromatic N) is 2. The Labute approximate surface area is 67.8 Å². The van der Waals surface area contributed by atoms with Crippen LogP contribution < -0.4 is 0 Å². The Morgan fingerprint density at radius 1 is 1.45 bits per heavy atom. The van der Waals surface area contributed by atoms with E-state index in [2.05, 4.69) is 22.9 Å². The smallest absolute Gasteiger partial charge is 0.0654 e. The Balaban J connectivity index is 2.21. The standard InChI is InChI=1S/C9H15N2/c1-3-4-5-6-9-7-8(2)10-11-9/h7H,3-6H2,1-2H3/q+1. The van der Waals surface area contributed by atoms with Gasteiger partial charge in [-0.1, -0.05) is 19.8 Å². The molecule has 0 N–H and O–H groups in total. The second-order valence-corrected chi connectivity index (χ2v) is 2.93. The van der Waals surface area contributed by atoms with Crippen molar-refractivity contribution in [2.75, 3.05) is 0 Å². The van der Waals surface area contributed by atoms with Crippen LogP contribution in [0.3, 0.4) is 0 Å². The lowest BCUT2D eigenvalue weighted by Gasteiger charge is -1.91. The molecule has 0 fully saturated rings. The highest BCUT2D eigenvalue weighted by Gasteiger charge is 2.11. The highest BCUT2D eigenvalue weighted by Crippen LogP contribution is 2.11. The molecule has 0 aliphatic carbocycles. The molecule has 2 heteroatoms. The summed E-state index contributed by atoms with van der Waals surface area (Å²) >= 11 is 0. The summed E-state index contributed by atoms with van der Waals surface area (Å²) < 4.78 is 0. The van der Waals surface area contributed by atoms with Crippen molar-refractivity contribution in [3.63, 3.8) is 0 Å². The van der Waals surface area contributed by atoms with Crippen LogP contribution in [0.2, 0.25) is 0 Å². The van der Waals surface area contributed by atoms with Gasteiger partial charge < -0.3 is 0 Å². The maximum atomic E-state index is 4.04. The summed E-state index contributed by atoms with van der Waals surface area (Å²) in [6.45, 7) is 4.19. The van der Waals surface area contributed by atoms with Crippen molar-refractivity contribution in [3.8, 4) is 0 Å². The van der Waals surface area contributed by atoms with Gasteiger partial charge in [-0.25, -0.2) is 0 Å². The van der Waals surface area contributed by atoms with Gasteiger partial charge in [-0.05, 0) is 12.8 Å². The zero-order chi connectivity index (χ0) is 8.10. The minimum absolute atomic E-state index is 1.04. The van der Waals surface area contributed by atoms with Crippen molar-refractivity contribution in [2.45, 2.75) is 39.5 Å². The summed E-state index contributed by atoms with van der Waals surface area (Å²) in [6.07, 6.45) is 6.97. The molecule has 0 unspecified atom stereocenters. The molecule has 1 aliphatic rings. The molecule has 1 aliphatic heterocycles. The highest BCUT2D eigenvalue weighted by molar-refractivity contribution is 5.89. The van der Waals surface area contributed by atoms with Gasteiger partial charge in [0, 0.05) is 6.92 Å². The van der Waals surface area contributed by atoms with E-state index in [1.54, 1.807) is 0 Å². The Morgan fingerprint density at radius 2 is 2.27 bits per heavy atom. The first-order valence-corrected chi connectivity index (χ1v) is 4.29. The molecule has 0 aromatic rings. The molecule has 0 saturated heterocycles. The van der Waals surface area contributed by atoms with E-state index in [4.69, 9.17) is 0 Å². The second kappa shape index (κ2) is 4.09. The van der Waals surface area contributed by atoms with Crippen LogP contribution in [-0.2, 0) is 0 Å². The predicted molar refractivity (Wildman–Crippen MR) is 45.6 cm³/mol. The lowest BCUT2D eigenvalue weighted by Crippen LogP contribution is -1.82. The maximum absolute atomic E-state index is 4.04. The minimum Gasteiger partial charge on any atom is -0.0654 e. The van der Waals surface area contributed by atoms with Gasteiger partial charge in [-0.15, -0.1) is 0 Å². The van der Waals surface area contributed by atoms with E-state index >= 15 is 0 Å². The number of rotatable bonds is 4. The second-order valence-electron chi connectivity index (χ2n) is 2.93. The van der Waals surface area contributed by atoms with E-state index in [0.29, 0.717) is 0 Å². The number of allylic oxidation sites excluding steroid dienone is 2. The first kappa shape index (κ1) is 8.22. The van der Waals surface area contributed by atoms with Crippen molar-refractivity contribution in [1.82, 2.24) is 0 Å². The SMILES string of the molecule is CCCCCC1=CC(C)=[N+]=N1. The van der Waals surface area contributed by atoms with Gasteiger partial charge in [-0.3, -0.25) is 0 Å². The average molecular weight is 151 g/mol. The van der Waals surface area contributed by atoms with E-state index < -0.39 is 0 Å². The van der Waals surface area contributed by atoms with Crippen LogP contribution in [0.25, 0.3) is 0 Å². The van der Waals surface area contributed by atoms with E-state index in [-0.39, 0.29) is 0 Å². The van der Waals surface area contributed by atoms with Crippen LogP contribution in [0.1, 0.15) is 39.5 Å². The predicted octanol–water partition coefficient (Wildman–Crippen LogP) is 2.59. The molecule has 0 amide bonds. The van der Waals surface area contributed by atoms with Gasteiger partial charge >= 0.3 is 5.71 Å². The molecule has 0 spiro atoms. The molecule has 0 bridgehead atoms. The maximum Gasteiger partial charge on any atom is 0.341 e. The van der Waals surface area contributed by atoms with Crippen molar-refractivity contribution in [2.24, 2.45) is 5.11 Å². The van der Waals surface area contributed by atoms with Gasteiger partial charge in [0.05, 0.1) is 10.9 Å². The number of hydrogen-bond acceptors (Lipinski definition) is 1. The third-order valence-electron chi connectivity index (χ3n) is 1.75. The molecular formula is C9H15N2+. The highest BCUT2D eigenvalue weighted by atomic mass is 15.1. The van der Waals surface area contributed by atoms with Crippen molar-refractivity contribution in [1.29, 1.82) is 0 Å². The fourth-order valence-corrected chi connectivity index (χ4v) is 1.12. The van der Waals surface area contributed by atoms with E-state index in [9.17, 15) is 0 Å². The van der Waals surface area contributed by atoms with Crippen molar-refractivity contribution >= 4 is 5.71 Å². The Morgan fingerprint density at radius 3 is 2.82 bits per heavy atom. The molecular weight excluding hydrogens is 136 g/mol. The topological polar surface area (TPSA) is 26.5 Å². The summed E-state index contributed by atoms with van der Waals surface area (Å²) in [5, 5.41) is 4.04. The normalized spacial score (nSPS) is 15.1. The van der Waals surface area contributed by atoms with Gasteiger partial charge in [0.1, 0.15) is 10.8 Å². The minimum atomic E-state index is 1.04. The Bertz CT molecular complexity index is 220. The first-order valence-electron chi connectivity index (χ1n) is 4.29. The largest absolute Gasteiger partial charge is 0.341 e. The molecule has 0 saturated carbocycles. The summed E-state index contributed by atoms with van der Waals surface area (Å²) in [4.78, 5) is 3.95. The van der Waals surface area contributed by atoms with Gasteiger partial charge in [0.25, 0.3) is 0 Å². The molecule has 0 aromatic heterocycles.